The quantitative estimate of drug-likeness (QED) is 0.342. The number of halogens is 2. The summed E-state index contributed by atoms with van der Waals surface area (Å²) >= 11 is 9.53. The first-order chi connectivity index (χ1) is 17.5. The molecule has 1 atom stereocenters. The van der Waals surface area contributed by atoms with Crippen LogP contribution in [0.15, 0.2) is 88.2 Å². The maximum absolute atomic E-state index is 13.8. The molecule has 1 unspecified atom stereocenters. The molecule has 0 fully saturated rings. The van der Waals surface area contributed by atoms with Crippen LogP contribution in [0, 0.1) is 0 Å². The van der Waals surface area contributed by atoms with Crippen molar-refractivity contribution < 1.29 is 18.0 Å². The lowest BCUT2D eigenvalue weighted by Crippen LogP contribution is -2.52. The Bertz CT molecular complexity index is 1350. The largest absolute Gasteiger partial charge is 0.352 e. The average molecular weight is 607 g/mol. The van der Waals surface area contributed by atoms with Gasteiger partial charge < -0.3 is 10.2 Å². The lowest BCUT2D eigenvalue weighted by molar-refractivity contribution is -0.139. The summed E-state index contributed by atoms with van der Waals surface area (Å²) in [4.78, 5) is 28.1. The molecule has 0 bridgehead atoms. The van der Waals surface area contributed by atoms with Gasteiger partial charge in [0.25, 0.3) is 10.0 Å². The first kappa shape index (κ1) is 28.7. The van der Waals surface area contributed by atoms with Crippen LogP contribution >= 0.6 is 27.5 Å². The van der Waals surface area contributed by atoms with E-state index in [9.17, 15) is 18.0 Å². The van der Waals surface area contributed by atoms with E-state index in [0.717, 1.165) is 4.31 Å². The third kappa shape index (κ3) is 7.56. The molecule has 3 aromatic rings. The molecule has 0 saturated carbocycles. The molecule has 0 radical (unpaired) electrons. The van der Waals surface area contributed by atoms with Crippen LogP contribution in [-0.4, -0.2) is 43.8 Å². The van der Waals surface area contributed by atoms with Gasteiger partial charge in [0.15, 0.2) is 0 Å². The summed E-state index contributed by atoms with van der Waals surface area (Å²) in [5.41, 5.74) is 1.03. The Kier molecular flexibility index (Phi) is 9.75. The van der Waals surface area contributed by atoms with Gasteiger partial charge in [-0.15, -0.1) is 0 Å². The van der Waals surface area contributed by atoms with Crippen LogP contribution in [0.4, 0.5) is 5.69 Å². The molecular formula is C27H29BrClN3O4S. The van der Waals surface area contributed by atoms with Gasteiger partial charge in [0.2, 0.25) is 11.8 Å². The van der Waals surface area contributed by atoms with E-state index in [1.807, 2.05) is 13.8 Å². The van der Waals surface area contributed by atoms with Crippen molar-refractivity contribution in [3.05, 3.63) is 93.9 Å². The van der Waals surface area contributed by atoms with Crippen LogP contribution in [0.2, 0.25) is 5.02 Å². The standard InChI is InChI=1S/C27H29BrClN3O4S/c1-19(2)30-27(34)20(3)31(17-21-9-7-11-23(29)15-21)26(33)18-32(24-12-8-10-22(28)16-24)37(35,36)25-13-5-4-6-14-25/h4-16,19-20H,17-18H2,1-3H3,(H,30,34). The first-order valence-electron chi connectivity index (χ1n) is 11.7. The van der Waals surface area contributed by atoms with Crippen molar-refractivity contribution in [1.29, 1.82) is 0 Å². The zero-order valence-corrected chi connectivity index (χ0v) is 23.9. The average Bonchev–Trinajstić information content (AvgIpc) is 2.85. The fourth-order valence-electron chi connectivity index (χ4n) is 3.70. The predicted molar refractivity (Wildman–Crippen MR) is 150 cm³/mol. The number of carbonyl (C=O) groups excluding carboxylic acids is 2. The van der Waals surface area contributed by atoms with Crippen molar-refractivity contribution in [2.45, 2.75) is 44.3 Å². The summed E-state index contributed by atoms with van der Waals surface area (Å²) in [5, 5.41) is 3.32. The Morgan fingerprint density at radius 3 is 2.24 bits per heavy atom. The van der Waals surface area contributed by atoms with Crippen molar-refractivity contribution in [1.82, 2.24) is 10.2 Å². The second-order valence-corrected chi connectivity index (χ2v) is 12.0. The predicted octanol–water partition coefficient (Wildman–Crippen LogP) is 5.24. The second kappa shape index (κ2) is 12.6. The van der Waals surface area contributed by atoms with Crippen LogP contribution in [0.5, 0.6) is 0 Å². The Hall–Kier alpha value is -2.88. The molecule has 2 amide bonds. The van der Waals surface area contributed by atoms with Gasteiger partial charge in [0.05, 0.1) is 10.6 Å². The van der Waals surface area contributed by atoms with Crippen LogP contribution in [0.25, 0.3) is 0 Å². The van der Waals surface area contributed by atoms with Crippen LogP contribution in [0.3, 0.4) is 0 Å². The number of nitrogens with zero attached hydrogens (tertiary/aromatic N) is 2. The highest BCUT2D eigenvalue weighted by atomic mass is 79.9. The molecule has 0 saturated heterocycles. The summed E-state index contributed by atoms with van der Waals surface area (Å²) in [6, 6.07) is 20.6. The van der Waals surface area contributed by atoms with Gasteiger partial charge in [0.1, 0.15) is 12.6 Å². The third-order valence-electron chi connectivity index (χ3n) is 5.55. The van der Waals surface area contributed by atoms with Gasteiger partial charge in [0, 0.05) is 22.1 Å². The summed E-state index contributed by atoms with van der Waals surface area (Å²) in [7, 11) is -4.10. The van der Waals surface area contributed by atoms with E-state index < -0.39 is 28.5 Å². The van der Waals surface area contributed by atoms with Crippen LogP contribution < -0.4 is 9.62 Å². The summed E-state index contributed by atoms with van der Waals surface area (Å²) < 4.78 is 29.1. The number of hydrogen-bond acceptors (Lipinski definition) is 4. The molecule has 37 heavy (non-hydrogen) atoms. The Morgan fingerprint density at radius 1 is 0.946 bits per heavy atom. The Morgan fingerprint density at radius 2 is 1.62 bits per heavy atom. The van der Waals surface area contributed by atoms with Gasteiger partial charge in [-0.2, -0.15) is 0 Å². The van der Waals surface area contributed by atoms with E-state index in [4.69, 9.17) is 11.6 Å². The van der Waals surface area contributed by atoms with Gasteiger partial charge >= 0.3 is 0 Å². The molecule has 10 heteroatoms. The van der Waals surface area contributed by atoms with Crippen LogP contribution in [0.1, 0.15) is 26.3 Å². The van der Waals surface area contributed by atoms with Crippen molar-refractivity contribution in [3.8, 4) is 0 Å². The lowest BCUT2D eigenvalue weighted by Gasteiger charge is -2.32. The highest BCUT2D eigenvalue weighted by Crippen LogP contribution is 2.27. The maximum Gasteiger partial charge on any atom is 0.264 e. The SMILES string of the molecule is CC(C)NC(=O)C(C)N(Cc1cccc(Cl)c1)C(=O)CN(c1cccc(Br)c1)S(=O)(=O)c1ccccc1. The van der Waals surface area contributed by atoms with E-state index in [2.05, 4.69) is 21.2 Å². The number of sulfonamides is 1. The third-order valence-corrected chi connectivity index (χ3v) is 8.06. The van der Waals surface area contributed by atoms with Gasteiger partial charge in [-0.25, -0.2) is 8.42 Å². The monoisotopic (exact) mass is 605 g/mol. The van der Waals surface area contributed by atoms with E-state index in [1.54, 1.807) is 73.7 Å². The fraction of sp³-hybridized carbons (Fsp3) is 0.259. The zero-order valence-electron chi connectivity index (χ0n) is 20.8. The molecule has 0 aliphatic heterocycles. The number of nitrogens with one attached hydrogen (secondary N) is 1. The molecule has 196 valence electrons. The first-order valence-corrected chi connectivity index (χ1v) is 14.3. The number of benzene rings is 3. The van der Waals surface area contributed by atoms with Gasteiger partial charge in [-0.1, -0.05) is 63.9 Å². The molecule has 7 nitrogen and oxygen atoms in total. The van der Waals surface area contributed by atoms with E-state index in [-0.39, 0.29) is 23.4 Å². The molecule has 1 N–H and O–H groups in total. The number of rotatable bonds is 10. The summed E-state index contributed by atoms with van der Waals surface area (Å²) in [6.45, 7) is 4.84. The smallest absolute Gasteiger partial charge is 0.264 e. The lowest BCUT2D eigenvalue weighted by atomic mass is 10.1. The highest BCUT2D eigenvalue weighted by Gasteiger charge is 2.32. The topological polar surface area (TPSA) is 86.8 Å². The minimum Gasteiger partial charge on any atom is -0.352 e. The minimum atomic E-state index is -4.10. The van der Waals surface area contributed by atoms with Crippen molar-refractivity contribution in [2.75, 3.05) is 10.8 Å². The molecule has 0 aliphatic rings. The van der Waals surface area contributed by atoms with Gasteiger partial charge in [-0.05, 0) is 68.8 Å². The number of amides is 2. The normalized spacial score (nSPS) is 12.2. The number of hydrogen-bond donors (Lipinski definition) is 1. The van der Waals surface area contributed by atoms with E-state index in [0.29, 0.717) is 20.7 Å². The minimum absolute atomic E-state index is 0.0507. The Balaban J connectivity index is 2.02. The molecule has 3 aromatic carbocycles. The molecule has 3 rings (SSSR count). The number of carbonyl (C=O) groups is 2. The fourth-order valence-corrected chi connectivity index (χ4v) is 5.73. The highest BCUT2D eigenvalue weighted by molar-refractivity contribution is 9.10. The molecule has 0 aliphatic carbocycles. The zero-order chi connectivity index (χ0) is 27.2. The number of anilines is 1. The summed E-state index contributed by atoms with van der Waals surface area (Å²) in [5.74, 6) is -0.879. The molecule has 0 aromatic heterocycles. The van der Waals surface area contributed by atoms with Gasteiger partial charge in [-0.3, -0.25) is 13.9 Å². The molecule has 0 spiro atoms. The molecular weight excluding hydrogens is 578 g/mol. The Labute approximate surface area is 231 Å². The van der Waals surface area contributed by atoms with E-state index in [1.165, 1.54) is 17.0 Å². The van der Waals surface area contributed by atoms with Crippen molar-refractivity contribution in [2.24, 2.45) is 0 Å². The van der Waals surface area contributed by atoms with Crippen molar-refractivity contribution in [3.63, 3.8) is 0 Å². The maximum atomic E-state index is 13.8. The van der Waals surface area contributed by atoms with Crippen molar-refractivity contribution >= 4 is 55.1 Å². The second-order valence-electron chi connectivity index (χ2n) is 8.80. The van der Waals surface area contributed by atoms with Crippen LogP contribution in [-0.2, 0) is 26.2 Å². The molecule has 0 heterocycles. The van der Waals surface area contributed by atoms with E-state index >= 15 is 0 Å². The summed E-state index contributed by atoms with van der Waals surface area (Å²) in [6.07, 6.45) is 0.